The summed E-state index contributed by atoms with van der Waals surface area (Å²) >= 11 is 18.3. The predicted molar refractivity (Wildman–Crippen MR) is 184 cm³/mol. The number of amides is 2. The molecule has 2 amide bonds. The minimum absolute atomic E-state index is 0.347. The van der Waals surface area contributed by atoms with E-state index in [4.69, 9.17) is 4.42 Å². The first-order valence-corrected chi connectivity index (χ1v) is 18.3. The Kier molecular flexibility index (Phi) is 13.7. The molecule has 0 unspecified atom stereocenters. The van der Waals surface area contributed by atoms with Crippen LogP contribution in [0.1, 0.15) is 20.7 Å². The molecule has 0 atom stereocenters. The van der Waals surface area contributed by atoms with Crippen LogP contribution >= 0.6 is 84.1 Å². The summed E-state index contributed by atoms with van der Waals surface area (Å²) in [6, 6.07) is 33.5. The molecule has 14 heteroatoms. The normalized spacial score (nSPS) is 10.3. The highest BCUT2D eigenvalue weighted by Gasteiger charge is 2.10. The second-order valence-corrected chi connectivity index (χ2v) is 17.1. The molecule has 2 N–H and O–H groups in total. The molecule has 1 aromatic heterocycles. The number of benzene rings is 4. The summed E-state index contributed by atoms with van der Waals surface area (Å²) in [5.74, 6) is 0.398. The number of carbonyl (C=O) groups is 2. The maximum atomic E-state index is 11.8. The molecule has 4 aromatic carbocycles. The van der Waals surface area contributed by atoms with Crippen molar-refractivity contribution in [2.24, 2.45) is 0 Å². The number of hydrogen-bond acceptors (Lipinski definition) is 6. The number of hydrogen-bond donors (Lipinski definition) is 2. The third-order valence-corrected chi connectivity index (χ3v) is 6.41. The van der Waals surface area contributed by atoms with Crippen LogP contribution in [0.15, 0.2) is 114 Å². The van der Waals surface area contributed by atoms with Crippen molar-refractivity contribution in [2.75, 3.05) is 0 Å². The molecule has 0 saturated carbocycles. The van der Waals surface area contributed by atoms with E-state index >= 15 is 0 Å². The number of carbonyl (C=O) groups excluding carboxylic acids is 2. The number of nitrogens with one attached hydrogen (secondary N) is 2. The van der Waals surface area contributed by atoms with Crippen molar-refractivity contribution >= 4 is 95.9 Å². The maximum Gasteiger partial charge on any atom is 0.339 e. The monoisotopic (exact) mass is 866 g/mol. The fourth-order valence-corrected chi connectivity index (χ4v) is 3.80. The Labute approximate surface area is 283 Å². The Morgan fingerprint density at radius 3 is 1.40 bits per heavy atom. The van der Waals surface area contributed by atoms with E-state index in [1.807, 2.05) is 72.8 Å². The van der Waals surface area contributed by atoms with Gasteiger partial charge in [-0.1, -0.05) is 36.4 Å². The molecule has 8 nitrogen and oxygen atoms in total. The molecule has 0 aliphatic rings. The Morgan fingerprint density at radius 1 is 0.595 bits per heavy atom. The van der Waals surface area contributed by atoms with Crippen molar-refractivity contribution in [2.45, 2.75) is 0 Å². The summed E-state index contributed by atoms with van der Waals surface area (Å²) in [6.45, 7) is 0. The van der Waals surface area contributed by atoms with E-state index in [-0.39, 0.29) is 11.8 Å². The van der Waals surface area contributed by atoms with Crippen LogP contribution in [0.2, 0.25) is 0 Å². The van der Waals surface area contributed by atoms with Crippen molar-refractivity contribution in [1.82, 2.24) is 21.0 Å². The number of hydrazine groups is 1. The van der Waals surface area contributed by atoms with Gasteiger partial charge in [0.15, 0.2) is 0 Å². The molecule has 0 aliphatic heterocycles. The van der Waals surface area contributed by atoms with Crippen molar-refractivity contribution < 1.29 is 18.6 Å². The zero-order chi connectivity index (χ0) is 30.5. The van der Waals surface area contributed by atoms with Crippen LogP contribution in [-0.2, 0) is 4.57 Å². The lowest BCUT2D eigenvalue weighted by Gasteiger charge is -2.07. The highest BCUT2D eigenvalue weighted by atomic mass is 127. The standard InChI is InChI=1S/C14H11IN2O2.C14H9IN2O.Cl3OP/c15-12-8-6-11(7-9-12)14(19)17-16-13(18)10-4-2-1-3-5-10;15-12-8-6-11(7-9-12)14-17-16-13(18-14)10-4-2-1-3-5-10;1-5(2,3)4/h1-9H,(H,16,18)(H,17,19);1-9H;. The van der Waals surface area contributed by atoms with E-state index in [1.165, 1.54) is 3.57 Å². The van der Waals surface area contributed by atoms with Gasteiger partial charge in [-0.15, -0.1) is 10.2 Å². The molecular weight excluding hydrogens is 847 g/mol. The van der Waals surface area contributed by atoms with E-state index < -0.39 is 5.20 Å². The van der Waals surface area contributed by atoms with Gasteiger partial charge in [0.2, 0.25) is 11.8 Å². The third kappa shape index (κ3) is 12.4. The molecule has 216 valence electrons. The summed E-state index contributed by atoms with van der Waals surface area (Å²) in [5, 5.41) is 4.92. The van der Waals surface area contributed by atoms with Gasteiger partial charge in [0.25, 0.3) is 11.8 Å². The molecular formula is C28H20Cl3I2N4O4P. The smallest absolute Gasteiger partial charge is 0.339 e. The molecule has 42 heavy (non-hydrogen) atoms. The quantitative estimate of drug-likeness (QED) is 0.106. The average molecular weight is 868 g/mol. The zero-order valence-electron chi connectivity index (χ0n) is 21.3. The van der Waals surface area contributed by atoms with Crippen LogP contribution in [-0.4, -0.2) is 22.0 Å². The van der Waals surface area contributed by atoms with E-state index in [2.05, 4.69) is 100.0 Å². The SMILES string of the molecule is Ic1ccc(-c2nnc(-c3ccccc3)o2)cc1.O=C(NNC(=O)c1ccc(I)cc1)c1ccccc1.O=P(Cl)(Cl)Cl. The Hall–Kier alpha value is -2.48. The van der Waals surface area contributed by atoms with Gasteiger partial charge in [0.1, 0.15) is 0 Å². The molecule has 0 radical (unpaired) electrons. The summed E-state index contributed by atoms with van der Waals surface area (Å²) in [5.41, 5.74) is 7.60. The van der Waals surface area contributed by atoms with Crippen LogP contribution < -0.4 is 10.9 Å². The first-order chi connectivity index (χ1) is 20.0. The fraction of sp³-hybridized carbons (Fsp3) is 0. The summed E-state index contributed by atoms with van der Waals surface area (Å²) in [6.07, 6.45) is 0. The summed E-state index contributed by atoms with van der Waals surface area (Å²) in [7, 11) is 0. The van der Waals surface area contributed by atoms with Crippen LogP contribution in [0.4, 0.5) is 0 Å². The molecule has 0 bridgehead atoms. The Morgan fingerprint density at radius 2 is 0.952 bits per heavy atom. The number of halogens is 5. The van der Waals surface area contributed by atoms with Crippen molar-refractivity contribution in [3.63, 3.8) is 0 Å². The molecule has 5 rings (SSSR count). The predicted octanol–water partition coefficient (Wildman–Crippen LogP) is 9.19. The first-order valence-electron chi connectivity index (χ1n) is 11.7. The number of rotatable bonds is 4. The number of nitrogens with zero attached hydrogens (tertiary/aromatic N) is 2. The molecule has 1 heterocycles. The lowest BCUT2D eigenvalue weighted by atomic mass is 10.2. The second kappa shape index (κ2) is 17.0. The minimum atomic E-state index is -3.22. The van der Waals surface area contributed by atoms with Crippen LogP contribution in [0.25, 0.3) is 22.9 Å². The summed E-state index contributed by atoms with van der Waals surface area (Å²) < 4.78 is 17.4. The second-order valence-electron chi connectivity index (χ2n) is 7.97. The first kappa shape index (κ1) is 34.0. The zero-order valence-corrected chi connectivity index (χ0v) is 28.7. The van der Waals surface area contributed by atoms with Gasteiger partial charge in [-0.25, -0.2) is 0 Å². The molecule has 0 aliphatic carbocycles. The highest BCUT2D eigenvalue weighted by Crippen LogP contribution is 2.61. The Balaban J connectivity index is 0.000000199. The minimum Gasteiger partial charge on any atom is -0.416 e. The number of aromatic nitrogens is 2. The van der Waals surface area contributed by atoms with Gasteiger partial charge in [0.05, 0.1) is 0 Å². The summed E-state index contributed by atoms with van der Waals surface area (Å²) in [4.78, 5) is 23.5. The lowest BCUT2D eigenvalue weighted by Crippen LogP contribution is -2.41. The lowest BCUT2D eigenvalue weighted by molar-refractivity contribution is 0.0846. The van der Waals surface area contributed by atoms with Gasteiger partial charge < -0.3 is 4.42 Å². The van der Waals surface area contributed by atoms with Crippen molar-refractivity contribution in [3.8, 4) is 22.9 Å². The van der Waals surface area contributed by atoms with Crippen LogP contribution in [0.3, 0.4) is 0 Å². The van der Waals surface area contributed by atoms with Gasteiger partial charge >= 0.3 is 5.20 Å². The van der Waals surface area contributed by atoms with Gasteiger partial charge in [-0.3, -0.25) is 25.0 Å². The molecule has 0 fully saturated rings. The van der Waals surface area contributed by atoms with Crippen molar-refractivity contribution in [1.29, 1.82) is 0 Å². The van der Waals surface area contributed by atoms with Crippen LogP contribution in [0, 0.1) is 7.14 Å². The van der Waals surface area contributed by atoms with E-state index in [9.17, 15) is 14.2 Å². The van der Waals surface area contributed by atoms with Gasteiger partial charge in [-0.05, 0) is 152 Å². The topological polar surface area (TPSA) is 114 Å². The van der Waals surface area contributed by atoms with Crippen LogP contribution in [0.5, 0.6) is 0 Å². The Bertz CT molecular complexity index is 1630. The molecule has 0 spiro atoms. The van der Waals surface area contributed by atoms with E-state index in [0.717, 1.165) is 14.7 Å². The van der Waals surface area contributed by atoms with E-state index in [1.54, 1.807) is 36.4 Å². The average Bonchev–Trinajstić information content (AvgIpc) is 3.47. The molecule has 0 saturated heterocycles. The van der Waals surface area contributed by atoms with E-state index in [0.29, 0.717) is 22.9 Å². The van der Waals surface area contributed by atoms with Crippen molar-refractivity contribution in [3.05, 3.63) is 127 Å². The molecule has 5 aromatic rings. The third-order valence-electron chi connectivity index (χ3n) is 4.97. The largest absolute Gasteiger partial charge is 0.416 e. The van der Waals surface area contributed by atoms with Gasteiger partial charge in [-0.2, -0.15) is 0 Å². The highest BCUT2D eigenvalue weighted by molar-refractivity contribution is 14.1. The maximum absolute atomic E-state index is 11.8. The fourth-order valence-electron chi connectivity index (χ4n) is 3.08. The van der Waals surface area contributed by atoms with Gasteiger partial charge in [0, 0.05) is 29.4 Å².